The Morgan fingerprint density at radius 1 is 1.00 bits per heavy atom. The molecule has 1 unspecified atom stereocenters. The van der Waals surface area contributed by atoms with E-state index < -0.39 is 11.4 Å². The molecule has 0 aromatic heterocycles. The maximum absolute atomic E-state index is 11.9. The van der Waals surface area contributed by atoms with E-state index in [2.05, 4.69) is 13.8 Å². The molecule has 0 spiro atoms. The molecule has 0 aliphatic heterocycles. The van der Waals surface area contributed by atoms with Crippen LogP contribution in [-0.2, 0) is 10.2 Å². The number of carboxylic acids is 1. The van der Waals surface area contributed by atoms with E-state index >= 15 is 0 Å². The summed E-state index contributed by atoms with van der Waals surface area (Å²) in [6.45, 7) is 4.24. The third kappa shape index (κ3) is 4.09. The molecule has 0 fully saturated rings. The SMILES string of the molecule is CCCCCCC(CCC)(C(=O)O)c1ccccc1. The van der Waals surface area contributed by atoms with Gasteiger partial charge in [-0.1, -0.05) is 76.3 Å². The van der Waals surface area contributed by atoms with Gasteiger partial charge in [0, 0.05) is 0 Å². The van der Waals surface area contributed by atoms with E-state index in [1.165, 1.54) is 12.8 Å². The Balaban J connectivity index is 2.91. The lowest BCUT2D eigenvalue weighted by molar-refractivity contribution is -0.144. The quantitative estimate of drug-likeness (QED) is 0.650. The summed E-state index contributed by atoms with van der Waals surface area (Å²) < 4.78 is 0. The Kier molecular flexibility index (Phi) is 6.61. The number of carboxylic acid groups (broad SMARTS) is 1. The molecule has 19 heavy (non-hydrogen) atoms. The number of hydrogen-bond donors (Lipinski definition) is 1. The minimum atomic E-state index is -0.691. The fraction of sp³-hybridized carbons (Fsp3) is 0.588. The molecule has 0 bridgehead atoms. The van der Waals surface area contributed by atoms with Gasteiger partial charge >= 0.3 is 5.97 Å². The highest BCUT2D eigenvalue weighted by Crippen LogP contribution is 2.35. The lowest BCUT2D eigenvalue weighted by Gasteiger charge is -2.30. The highest BCUT2D eigenvalue weighted by atomic mass is 16.4. The molecule has 1 aromatic rings. The van der Waals surface area contributed by atoms with Crippen molar-refractivity contribution in [1.82, 2.24) is 0 Å². The maximum Gasteiger partial charge on any atom is 0.314 e. The maximum atomic E-state index is 11.9. The molecular weight excluding hydrogens is 236 g/mol. The summed E-state index contributed by atoms with van der Waals surface area (Å²) in [7, 11) is 0. The monoisotopic (exact) mass is 262 g/mol. The van der Waals surface area contributed by atoms with Crippen molar-refractivity contribution in [2.24, 2.45) is 0 Å². The number of hydrogen-bond acceptors (Lipinski definition) is 1. The predicted octanol–water partition coefficient (Wildman–Crippen LogP) is 4.78. The summed E-state index contributed by atoms with van der Waals surface area (Å²) >= 11 is 0. The van der Waals surface area contributed by atoms with Crippen LogP contribution in [0.5, 0.6) is 0 Å². The van der Waals surface area contributed by atoms with E-state index in [0.29, 0.717) is 0 Å². The number of carbonyl (C=O) groups is 1. The minimum Gasteiger partial charge on any atom is -0.481 e. The van der Waals surface area contributed by atoms with Crippen LogP contribution in [0.25, 0.3) is 0 Å². The average molecular weight is 262 g/mol. The van der Waals surface area contributed by atoms with Gasteiger partial charge in [0.25, 0.3) is 0 Å². The molecule has 0 radical (unpaired) electrons. The van der Waals surface area contributed by atoms with Crippen LogP contribution >= 0.6 is 0 Å². The standard InChI is InChI=1S/C17H26O2/c1-3-5-6-10-14-17(13-4-2,16(18)19)15-11-8-7-9-12-15/h7-9,11-12H,3-6,10,13-14H2,1-2H3,(H,18,19). The molecule has 0 aliphatic rings. The molecule has 2 nitrogen and oxygen atoms in total. The third-order valence-corrected chi connectivity index (χ3v) is 3.87. The van der Waals surface area contributed by atoms with Crippen LogP contribution in [0.4, 0.5) is 0 Å². The zero-order chi connectivity index (χ0) is 14.1. The molecule has 1 N–H and O–H groups in total. The largest absolute Gasteiger partial charge is 0.481 e. The Labute approximate surface area is 116 Å². The first-order chi connectivity index (χ1) is 9.17. The van der Waals surface area contributed by atoms with Gasteiger partial charge < -0.3 is 5.11 Å². The van der Waals surface area contributed by atoms with Gasteiger partial charge in [0.2, 0.25) is 0 Å². The number of aliphatic carboxylic acids is 1. The van der Waals surface area contributed by atoms with Crippen molar-refractivity contribution in [3.63, 3.8) is 0 Å². The lowest BCUT2D eigenvalue weighted by Crippen LogP contribution is -2.35. The summed E-state index contributed by atoms with van der Waals surface area (Å²) in [5, 5.41) is 9.76. The Morgan fingerprint density at radius 2 is 1.68 bits per heavy atom. The number of benzene rings is 1. The van der Waals surface area contributed by atoms with Crippen molar-refractivity contribution in [2.75, 3.05) is 0 Å². The molecule has 1 atom stereocenters. The fourth-order valence-corrected chi connectivity index (χ4v) is 2.79. The predicted molar refractivity (Wildman–Crippen MR) is 79.4 cm³/mol. The zero-order valence-corrected chi connectivity index (χ0v) is 12.2. The summed E-state index contributed by atoms with van der Waals surface area (Å²) in [5.74, 6) is -0.669. The molecule has 0 heterocycles. The smallest absolute Gasteiger partial charge is 0.314 e. The van der Waals surface area contributed by atoms with Crippen LogP contribution in [0, 0.1) is 0 Å². The van der Waals surface area contributed by atoms with Crippen molar-refractivity contribution in [3.05, 3.63) is 35.9 Å². The van der Waals surface area contributed by atoms with Crippen molar-refractivity contribution in [3.8, 4) is 0 Å². The second-order valence-electron chi connectivity index (χ2n) is 5.31. The van der Waals surface area contributed by atoms with Crippen LogP contribution in [-0.4, -0.2) is 11.1 Å². The zero-order valence-electron chi connectivity index (χ0n) is 12.2. The van der Waals surface area contributed by atoms with Crippen LogP contribution < -0.4 is 0 Å². The summed E-state index contributed by atoms with van der Waals surface area (Å²) in [6.07, 6.45) is 6.86. The van der Waals surface area contributed by atoms with Crippen molar-refractivity contribution in [2.45, 2.75) is 64.2 Å². The van der Waals surface area contributed by atoms with Crippen molar-refractivity contribution >= 4 is 5.97 Å². The molecule has 1 aromatic carbocycles. The first kappa shape index (κ1) is 15.7. The third-order valence-electron chi connectivity index (χ3n) is 3.87. The summed E-state index contributed by atoms with van der Waals surface area (Å²) in [6, 6.07) is 9.75. The minimum absolute atomic E-state index is 0.669. The molecule has 106 valence electrons. The Bertz CT molecular complexity index is 372. The van der Waals surface area contributed by atoms with E-state index in [4.69, 9.17) is 0 Å². The van der Waals surface area contributed by atoms with Crippen molar-refractivity contribution in [1.29, 1.82) is 0 Å². The van der Waals surface area contributed by atoms with Gasteiger partial charge in [-0.05, 0) is 18.4 Å². The van der Waals surface area contributed by atoms with Crippen LogP contribution in [0.15, 0.2) is 30.3 Å². The van der Waals surface area contributed by atoms with Crippen molar-refractivity contribution < 1.29 is 9.90 Å². The van der Waals surface area contributed by atoms with Gasteiger partial charge in [0.1, 0.15) is 0 Å². The van der Waals surface area contributed by atoms with E-state index in [9.17, 15) is 9.90 Å². The summed E-state index contributed by atoms with van der Waals surface area (Å²) in [4.78, 5) is 11.9. The molecular formula is C17H26O2. The second kappa shape index (κ2) is 7.98. The second-order valence-corrected chi connectivity index (χ2v) is 5.31. The van der Waals surface area contributed by atoms with E-state index in [1.807, 2.05) is 30.3 Å². The molecule has 0 aliphatic carbocycles. The van der Waals surface area contributed by atoms with E-state index in [1.54, 1.807) is 0 Å². The van der Waals surface area contributed by atoms with Gasteiger partial charge in [-0.3, -0.25) is 4.79 Å². The van der Waals surface area contributed by atoms with Gasteiger partial charge in [0.15, 0.2) is 0 Å². The molecule has 0 saturated heterocycles. The van der Waals surface area contributed by atoms with E-state index in [-0.39, 0.29) is 0 Å². The van der Waals surface area contributed by atoms with Crippen LogP contribution in [0.2, 0.25) is 0 Å². The van der Waals surface area contributed by atoms with E-state index in [0.717, 1.165) is 37.7 Å². The fourth-order valence-electron chi connectivity index (χ4n) is 2.79. The normalized spacial score (nSPS) is 14.0. The van der Waals surface area contributed by atoms with Gasteiger partial charge in [-0.25, -0.2) is 0 Å². The van der Waals surface area contributed by atoms with Gasteiger partial charge in [-0.2, -0.15) is 0 Å². The van der Waals surface area contributed by atoms with Crippen LogP contribution in [0.3, 0.4) is 0 Å². The Morgan fingerprint density at radius 3 is 2.21 bits per heavy atom. The first-order valence-corrected chi connectivity index (χ1v) is 7.46. The molecule has 2 heteroatoms. The summed E-state index contributed by atoms with van der Waals surface area (Å²) in [5.41, 5.74) is 0.268. The molecule has 0 saturated carbocycles. The molecule has 1 rings (SSSR count). The van der Waals surface area contributed by atoms with Gasteiger partial charge in [-0.15, -0.1) is 0 Å². The van der Waals surface area contributed by atoms with Crippen LogP contribution in [0.1, 0.15) is 64.4 Å². The first-order valence-electron chi connectivity index (χ1n) is 7.46. The highest BCUT2D eigenvalue weighted by molar-refractivity contribution is 5.81. The molecule has 0 amide bonds. The number of rotatable bonds is 9. The average Bonchev–Trinajstić information content (AvgIpc) is 2.43. The Hall–Kier alpha value is -1.31. The highest BCUT2D eigenvalue weighted by Gasteiger charge is 2.38. The van der Waals surface area contributed by atoms with Gasteiger partial charge in [0.05, 0.1) is 5.41 Å². The lowest BCUT2D eigenvalue weighted by atomic mass is 9.73. The number of unbranched alkanes of at least 4 members (excludes halogenated alkanes) is 3. The topological polar surface area (TPSA) is 37.3 Å².